The summed E-state index contributed by atoms with van der Waals surface area (Å²) in [5.41, 5.74) is 1.18. The lowest BCUT2D eigenvalue weighted by Gasteiger charge is -2.33. The van der Waals surface area contributed by atoms with Crippen LogP contribution >= 0.6 is 0 Å². The van der Waals surface area contributed by atoms with Crippen LogP contribution in [0.4, 0.5) is 0 Å². The molecule has 0 spiro atoms. The van der Waals surface area contributed by atoms with Gasteiger partial charge in [-0.15, -0.1) is 0 Å². The van der Waals surface area contributed by atoms with Crippen molar-refractivity contribution in [3.63, 3.8) is 0 Å². The SMILES string of the molecule is C=CC=CC(=C)CCN(C(C)CC)C(C)CC. The van der Waals surface area contributed by atoms with Gasteiger partial charge in [0.05, 0.1) is 0 Å². The van der Waals surface area contributed by atoms with Crippen LogP contribution in [-0.2, 0) is 0 Å². The topological polar surface area (TPSA) is 3.24 Å². The lowest BCUT2D eigenvalue weighted by atomic mass is 10.1. The van der Waals surface area contributed by atoms with E-state index in [9.17, 15) is 0 Å². The molecule has 0 heterocycles. The first-order valence-electron chi connectivity index (χ1n) is 6.79. The highest BCUT2D eigenvalue weighted by molar-refractivity contribution is 5.18. The van der Waals surface area contributed by atoms with Crippen molar-refractivity contribution in [2.75, 3.05) is 6.54 Å². The molecule has 0 aliphatic rings. The summed E-state index contributed by atoms with van der Waals surface area (Å²) in [4.78, 5) is 2.59. The normalized spacial score (nSPS) is 15.1. The van der Waals surface area contributed by atoms with Gasteiger partial charge in [-0.1, -0.05) is 50.8 Å². The van der Waals surface area contributed by atoms with Crippen molar-refractivity contribution in [1.29, 1.82) is 0 Å². The smallest absolute Gasteiger partial charge is 0.00672 e. The Morgan fingerprint density at radius 3 is 2.12 bits per heavy atom. The zero-order valence-corrected chi connectivity index (χ0v) is 12.1. The summed E-state index contributed by atoms with van der Waals surface area (Å²) in [6, 6.07) is 1.31. The average molecular weight is 235 g/mol. The van der Waals surface area contributed by atoms with Crippen molar-refractivity contribution in [2.24, 2.45) is 0 Å². The maximum absolute atomic E-state index is 4.07. The highest BCUT2D eigenvalue weighted by atomic mass is 15.2. The van der Waals surface area contributed by atoms with Gasteiger partial charge in [-0.25, -0.2) is 0 Å². The van der Waals surface area contributed by atoms with E-state index in [1.807, 2.05) is 6.08 Å². The Bertz CT molecular complexity index is 242. The van der Waals surface area contributed by atoms with Gasteiger partial charge in [0, 0.05) is 18.6 Å². The minimum atomic E-state index is 0.654. The number of hydrogen-bond donors (Lipinski definition) is 0. The van der Waals surface area contributed by atoms with Gasteiger partial charge in [-0.3, -0.25) is 4.90 Å². The lowest BCUT2D eigenvalue weighted by Crippen LogP contribution is -2.40. The first-order chi connectivity index (χ1) is 8.06. The quantitative estimate of drug-likeness (QED) is 0.529. The molecule has 2 unspecified atom stereocenters. The molecule has 0 aromatic heterocycles. The van der Waals surface area contributed by atoms with Crippen molar-refractivity contribution < 1.29 is 0 Å². The van der Waals surface area contributed by atoms with Crippen molar-refractivity contribution >= 4 is 0 Å². The molecule has 17 heavy (non-hydrogen) atoms. The Morgan fingerprint density at radius 1 is 1.18 bits per heavy atom. The first-order valence-corrected chi connectivity index (χ1v) is 6.79. The molecular formula is C16H29N. The Kier molecular flexibility index (Phi) is 8.79. The van der Waals surface area contributed by atoms with E-state index in [1.54, 1.807) is 6.08 Å². The van der Waals surface area contributed by atoms with Crippen molar-refractivity contribution in [2.45, 2.75) is 59.0 Å². The molecular weight excluding hydrogens is 206 g/mol. The minimum absolute atomic E-state index is 0.654. The number of allylic oxidation sites excluding steroid dienone is 3. The van der Waals surface area contributed by atoms with Crippen molar-refractivity contribution in [3.05, 3.63) is 37.0 Å². The van der Waals surface area contributed by atoms with Crippen LogP contribution in [0.3, 0.4) is 0 Å². The third-order valence-electron chi connectivity index (χ3n) is 3.47. The molecule has 0 saturated carbocycles. The van der Waals surface area contributed by atoms with E-state index < -0.39 is 0 Å². The van der Waals surface area contributed by atoms with Gasteiger partial charge in [-0.05, 0) is 33.1 Å². The van der Waals surface area contributed by atoms with E-state index in [-0.39, 0.29) is 0 Å². The van der Waals surface area contributed by atoms with E-state index in [2.05, 4.69) is 51.8 Å². The fourth-order valence-electron chi connectivity index (χ4n) is 1.90. The summed E-state index contributed by atoms with van der Waals surface area (Å²) in [5, 5.41) is 0. The maximum Gasteiger partial charge on any atom is 0.00672 e. The summed E-state index contributed by atoms with van der Waals surface area (Å²) in [7, 11) is 0. The van der Waals surface area contributed by atoms with E-state index in [0.29, 0.717) is 12.1 Å². The third kappa shape index (κ3) is 6.48. The molecule has 0 rings (SSSR count). The summed E-state index contributed by atoms with van der Waals surface area (Å²) in [6.07, 6.45) is 9.27. The molecule has 0 aliphatic carbocycles. The summed E-state index contributed by atoms with van der Waals surface area (Å²) in [5.74, 6) is 0. The average Bonchev–Trinajstić information content (AvgIpc) is 2.35. The van der Waals surface area contributed by atoms with E-state index in [4.69, 9.17) is 0 Å². The van der Waals surface area contributed by atoms with Gasteiger partial charge < -0.3 is 0 Å². The molecule has 0 N–H and O–H groups in total. The highest BCUT2D eigenvalue weighted by Crippen LogP contribution is 2.14. The van der Waals surface area contributed by atoms with Crippen LogP contribution < -0.4 is 0 Å². The summed E-state index contributed by atoms with van der Waals surface area (Å²) >= 11 is 0. The standard InChI is InChI=1S/C16H29N/c1-7-10-11-14(4)12-13-17(15(5)8-2)16(6)9-3/h7,10-11,15-16H,1,4,8-9,12-13H2,2-3,5-6H3. The summed E-state index contributed by atoms with van der Waals surface area (Å²) < 4.78 is 0. The Labute approximate surface area is 108 Å². The fraction of sp³-hybridized carbons (Fsp3) is 0.625. The zero-order chi connectivity index (χ0) is 13.3. The zero-order valence-electron chi connectivity index (χ0n) is 12.1. The maximum atomic E-state index is 4.07. The van der Waals surface area contributed by atoms with Crippen molar-refractivity contribution in [1.82, 2.24) is 4.90 Å². The highest BCUT2D eigenvalue weighted by Gasteiger charge is 2.16. The van der Waals surface area contributed by atoms with Crippen LogP contribution in [0.15, 0.2) is 37.0 Å². The molecule has 0 aliphatic heterocycles. The molecule has 98 valence electrons. The van der Waals surface area contributed by atoms with Crippen LogP contribution in [0.2, 0.25) is 0 Å². The molecule has 0 bridgehead atoms. The van der Waals surface area contributed by atoms with Crippen LogP contribution in [0.5, 0.6) is 0 Å². The summed E-state index contributed by atoms with van der Waals surface area (Å²) in [6.45, 7) is 18.0. The fourth-order valence-corrected chi connectivity index (χ4v) is 1.90. The first kappa shape index (κ1) is 16.2. The molecule has 2 atom stereocenters. The second-order valence-corrected chi connectivity index (χ2v) is 4.76. The monoisotopic (exact) mass is 235 g/mol. The minimum Gasteiger partial charge on any atom is -0.298 e. The van der Waals surface area contributed by atoms with Crippen molar-refractivity contribution in [3.8, 4) is 0 Å². The van der Waals surface area contributed by atoms with Crippen LogP contribution in [0.1, 0.15) is 47.0 Å². The van der Waals surface area contributed by atoms with Gasteiger partial charge in [0.1, 0.15) is 0 Å². The third-order valence-corrected chi connectivity index (χ3v) is 3.47. The Balaban J connectivity index is 4.30. The predicted octanol–water partition coefficient (Wildman–Crippen LogP) is 4.57. The van der Waals surface area contributed by atoms with E-state index in [1.165, 1.54) is 18.4 Å². The van der Waals surface area contributed by atoms with Crippen LogP contribution in [-0.4, -0.2) is 23.5 Å². The van der Waals surface area contributed by atoms with E-state index >= 15 is 0 Å². The molecule has 0 amide bonds. The number of hydrogen-bond acceptors (Lipinski definition) is 1. The molecule has 0 aromatic carbocycles. The van der Waals surface area contributed by atoms with Crippen LogP contribution in [0.25, 0.3) is 0 Å². The van der Waals surface area contributed by atoms with Gasteiger partial charge >= 0.3 is 0 Å². The second kappa shape index (κ2) is 9.23. The number of rotatable bonds is 9. The Hall–Kier alpha value is -0.820. The molecule has 1 heteroatoms. The van der Waals surface area contributed by atoms with Gasteiger partial charge in [-0.2, -0.15) is 0 Å². The van der Waals surface area contributed by atoms with Gasteiger partial charge in [0.2, 0.25) is 0 Å². The van der Waals surface area contributed by atoms with Crippen LogP contribution in [0, 0.1) is 0 Å². The Morgan fingerprint density at radius 2 is 1.71 bits per heavy atom. The van der Waals surface area contributed by atoms with Gasteiger partial charge in [0.15, 0.2) is 0 Å². The largest absolute Gasteiger partial charge is 0.298 e. The molecule has 0 radical (unpaired) electrons. The molecule has 0 aromatic rings. The molecule has 0 fully saturated rings. The molecule has 0 saturated heterocycles. The lowest BCUT2D eigenvalue weighted by molar-refractivity contribution is 0.148. The molecule has 1 nitrogen and oxygen atoms in total. The number of nitrogens with zero attached hydrogens (tertiary/aromatic N) is 1. The second-order valence-electron chi connectivity index (χ2n) is 4.76. The predicted molar refractivity (Wildman–Crippen MR) is 79.3 cm³/mol. The van der Waals surface area contributed by atoms with E-state index in [0.717, 1.165) is 13.0 Å². The van der Waals surface area contributed by atoms with Gasteiger partial charge in [0.25, 0.3) is 0 Å².